The topological polar surface area (TPSA) is 123 Å². The molecule has 1 unspecified atom stereocenters. The lowest BCUT2D eigenvalue weighted by Crippen LogP contribution is -2.49. The number of aryl methyl sites for hydroxylation is 1. The first-order valence-electron chi connectivity index (χ1n) is 14.2. The van der Waals surface area contributed by atoms with E-state index in [1.54, 1.807) is 29.0 Å². The fourth-order valence-electron chi connectivity index (χ4n) is 5.90. The van der Waals surface area contributed by atoms with Gasteiger partial charge in [-0.25, -0.2) is 9.37 Å². The highest BCUT2D eigenvalue weighted by molar-refractivity contribution is 6.39. The number of nitrogens with zero attached hydrogens (tertiary/aromatic N) is 6. The molecule has 1 fully saturated rings. The number of anilines is 3. The third-order valence-electron chi connectivity index (χ3n) is 8.17. The lowest BCUT2D eigenvalue weighted by Gasteiger charge is -2.43. The molecule has 13 heteroatoms. The molecule has 1 amide bonds. The van der Waals surface area contributed by atoms with Gasteiger partial charge in [0, 0.05) is 43.5 Å². The van der Waals surface area contributed by atoms with Gasteiger partial charge in [0.25, 0.3) is 0 Å². The minimum atomic E-state index is -1.47. The first-order chi connectivity index (χ1) is 21.3. The van der Waals surface area contributed by atoms with Crippen LogP contribution in [0.15, 0.2) is 36.6 Å². The van der Waals surface area contributed by atoms with E-state index in [0.717, 1.165) is 5.56 Å². The maximum absolute atomic E-state index is 14.7. The molecule has 5 rings (SSSR count). The second-order valence-corrected chi connectivity index (χ2v) is 12.4. The van der Waals surface area contributed by atoms with Crippen LogP contribution in [0.5, 0.6) is 0 Å². The second kappa shape index (κ2) is 12.5. The molecular formula is C32H31Cl3FN7O2. The SMILES string of the molecule is C=CC(=O)N1CCN(C2=C(C#N)C(O)N(c3c(C)ccnc3C(C)C)c3nc(-c4c(C)c(Cl)c(F)c(Cl)c4N)c(Cl)cc32)CC1. The Morgan fingerprint density at radius 2 is 1.89 bits per heavy atom. The molecule has 0 bridgehead atoms. The van der Waals surface area contributed by atoms with Crippen molar-refractivity contribution in [2.24, 2.45) is 0 Å². The predicted molar refractivity (Wildman–Crippen MR) is 176 cm³/mol. The summed E-state index contributed by atoms with van der Waals surface area (Å²) >= 11 is 19.5. The number of aliphatic hydroxyl groups excluding tert-OH is 1. The lowest BCUT2D eigenvalue weighted by molar-refractivity contribution is -0.127. The van der Waals surface area contributed by atoms with Gasteiger partial charge < -0.3 is 20.6 Å². The molecule has 45 heavy (non-hydrogen) atoms. The van der Waals surface area contributed by atoms with Crippen molar-refractivity contribution >= 4 is 63.6 Å². The van der Waals surface area contributed by atoms with Gasteiger partial charge in [0.1, 0.15) is 22.5 Å². The van der Waals surface area contributed by atoms with E-state index < -0.39 is 12.0 Å². The zero-order valence-corrected chi connectivity index (χ0v) is 27.4. The second-order valence-electron chi connectivity index (χ2n) is 11.2. The Bertz CT molecular complexity index is 1780. The third-order valence-corrected chi connectivity index (χ3v) is 9.28. The number of nitriles is 1. The average Bonchev–Trinajstić information content (AvgIpc) is 3.02. The van der Waals surface area contributed by atoms with E-state index in [-0.39, 0.29) is 60.8 Å². The highest BCUT2D eigenvalue weighted by atomic mass is 35.5. The molecule has 234 valence electrons. The summed E-state index contributed by atoms with van der Waals surface area (Å²) in [5.74, 6) is -0.824. The minimum Gasteiger partial charge on any atom is -0.397 e. The highest BCUT2D eigenvalue weighted by Gasteiger charge is 2.40. The number of halogens is 4. The van der Waals surface area contributed by atoms with Crippen LogP contribution in [0.2, 0.25) is 15.1 Å². The molecule has 2 aliphatic heterocycles. The first kappa shape index (κ1) is 32.5. The van der Waals surface area contributed by atoms with E-state index in [1.807, 2.05) is 31.7 Å². The number of piperazine rings is 1. The van der Waals surface area contributed by atoms with Crippen molar-refractivity contribution in [2.45, 2.75) is 39.8 Å². The number of hydrogen-bond donors (Lipinski definition) is 2. The Hall–Kier alpha value is -3.88. The Labute approximate surface area is 275 Å². The van der Waals surface area contributed by atoms with Crippen molar-refractivity contribution < 1.29 is 14.3 Å². The van der Waals surface area contributed by atoms with Gasteiger partial charge in [-0.1, -0.05) is 55.2 Å². The number of aliphatic hydroxyl groups is 1. The van der Waals surface area contributed by atoms with E-state index in [2.05, 4.69) is 17.6 Å². The molecule has 1 saturated heterocycles. The van der Waals surface area contributed by atoms with Gasteiger partial charge in [-0.05, 0) is 49.1 Å². The lowest BCUT2D eigenvalue weighted by atomic mass is 9.94. The number of fused-ring (bicyclic) bond motifs is 1. The van der Waals surface area contributed by atoms with Crippen molar-refractivity contribution in [1.29, 1.82) is 5.26 Å². The number of benzene rings is 1. The van der Waals surface area contributed by atoms with Crippen LogP contribution in [0.1, 0.15) is 42.1 Å². The number of carbonyl (C=O) groups excluding carboxylic acids is 1. The van der Waals surface area contributed by atoms with E-state index >= 15 is 0 Å². The molecule has 0 saturated carbocycles. The fourth-order valence-corrected chi connectivity index (χ4v) is 6.57. The monoisotopic (exact) mass is 669 g/mol. The number of hydrogen-bond acceptors (Lipinski definition) is 8. The summed E-state index contributed by atoms with van der Waals surface area (Å²) in [6.45, 7) is 12.5. The number of amides is 1. The van der Waals surface area contributed by atoms with Crippen LogP contribution in [0.25, 0.3) is 17.0 Å². The summed E-state index contributed by atoms with van der Waals surface area (Å²) in [4.78, 5) is 27.0. The first-order valence-corrected chi connectivity index (χ1v) is 15.3. The molecule has 4 heterocycles. The minimum absolute atomic E-state index is 0.0543. The van der Waals surface area contributed by atoms with Gasteiger partial charge in [0.05, 0.1) is 38.5 Å². The summed E-state index contributed by atoms with van der Waals surface area (Å²) in [5, 5.41) is 22.1. The molecule has 9 nitrogen and oxygen atoms in total. The highest BCUT2D eigenvalue weighted by Crippen LogP contribution is 2.49. The van der Waals surface area contributed by atoms with Crippen LogP contribution in [0, 0.1) is 31.0 Å². The van der Waals surface area contributed by atoms with Crippen molar-refractivity contribution in [2.75, 3.05) is 36.8 Å². The summed E-state index contributed by atoms with van der Waals surface area (Å²) < 4.78 is 14.7. The van der Waals surface area contributed by atoms with E-state index in [9.17, 15) is 19.6 Å². The Morgan fingerprint density at radius 3 is 2.49 bits per heavy atom. The molecule has 2 aromatic heterocycles. The Morgan fingerprint density at radius 1 is 1.22 bits per heavy atom. The maximum atomic E-state index is 14.7. The molecular weight excluding hydrogens is 640 g/mol. The molecule has 0 aliphatic carbocycles. The molecule has 3 N–H and O–H groups in total. The predicted octanol–water partition coefficient (Wildman–Crippen LogP) is 6.60. The number of aromatic nitrogens is 2. The van der Waals surface area contributed by atoms with Crippen molar-refractivity contribution in [3.63, 3.8) is 0 Å². The molecule has 0 radical (unpaired) electrons. The van der Waals surface area contributed by atoms with Crippen LogP contribution in [-0.2, 0) is 4.79 Å². The number of nitrogens with two attached hydrogens (primary N) is 1. The van der Waals surface area contributed by atoms with Crippen LogP contribution < -0.4 is 10.6 Å². The smallest absolute Gasteiger partial charge is 0.246 e. The van der Waals surface area contributed by atoms with Crippen LogP contribution in [0.3, 0.4) is 0 Å². The summed E-state index contributed by atoms with van der Waals surface area (Å²) in [7, 11) is 0. The van der Waals surface area contributed by atoms with E-state index in [1.165, 1.54) is 6.08 Å². The zero-order valence-electron chi connectivity index (χ0n) is 25.1. The van der Waals surface area contributed by atoms with Gasteiger partial charge in [-0.3, -0.25) is 14.7 Å². The molecule has 1 atom stereocenters. The largest absolute Gasteiger partial charge is 0.397 e. The summed E-state index contributed by atoms with van der Waals surface area (Å²) in [5.41, 5.74) is 9.97. The van der Waals surface area contributed by atoms with Crippen LogP contribution >= 0.6 is 34.8 Å². The number of carbonyl (C=O) groups is 1. The number of pyridine rings is 2. The molecule has 0 spiro atoms. The Kier molecular flexibility index (Phi) is 9.02. The fraction of sp³-hybridized carbons (Fsp3) is 0.312. The zero-order chi connectivity index (χ0) is 32.9. The van der Waals surface area contributed by atoms with Gasteiger partial charge in [0.2, 0.25) is 5.91 Å². The molecule has 1 aromatic carbocycles. The summed E-state index contributed by atoms with van der Waals surface area (Å²) in [6, 6.07) is 5.68. The third kappa shape index (κ3) is 5.38. The molecule has 2 aliphatic rings. The quantitative estimate of drug-likeness (QED) is 0.177. The van der Waals surface area contributed by atoms with Gasteiger partial charge >= 0.3 is 0 Å². The maximum Gasteiger partial charge on any atom is 0.246 e. The number of nitrogen functional groups attached to an aromatic ring is 1. The average molecular weight is 671 g/mol. The molecule has 3 aromatic rings. The van der Waals surface area contributed by atoms with Gasteiger partial charge in [0.15, 0.2) is 12.0 Å². The van der Waals surface area contributed by atoms with E-state index in [4.69, 9.17) is 45.5 Å². The van der Waals surface area contributed by atoms with E-state index in [0.29, 0.717) is 48.8 Å². The van der Waals surface area contributed by atoms with Crippen LogP contribution in [0.4, 0.5) is 21.6 Å². The van der Waals surface area contributed by atoms with Crippen molar-refractivity contribution in [3.8, 4) is 17.3 Å². The summed E-state index contributed by atoms with van der Waals surface area (Å²) in [6.07, 6.45) is 1.49. The van der Waals surface area contributed by atoms with Gasteiger partial charge in [-0.2, -0.15) is 5.26 Å². The van der Waals surface area contributed by atoms with Crippen molar-refractivity contribution in [3.05, 3.63) is 79.8 Å². The Balaban J connectivity index is 1.82. The van der Waals surface area contributed by atoms with Crippen molar-refractivity contribution in [1.82, 2.24) is 19.8 Å². The number of rotatable bonds is 5. The van der Waals surface area contributed by atoms with Crippen LogP contribution in [-0.4, -0.2) is 63.2 Å². The standard InChI is InChI=1S/C32H31Cl3FN7O2/c1-6-21(44)41-9-11-42(12-10-41)30-18-13-20(33)28(22-17(5)23(34)25(36)24(35)26(22)38)40-31(18)43(32(45)19(30)14-37)29-16(4)7-8-39-27(29)15(2)3/h6-8,13,15,32,45H,1,9-12,38H2,2-5H3. The normalized spacial score (nSPS) is 16.6. The van der Waals surface area contributed by atoms with Gasteiger partial charge in [-0.15, -0.1) is 0 Å².